The summed E-state index contributed by atoms with van der Waals surface area (Å²) in [6, 6.07) is 9.07. The van der Waals surface area contributed by atoms with E-state index < -0.39 is 5.97 Å². The third-order valence-corrected chi connectivity index (χ3v) is 2.48. The Morgan fingerprint density at radius 2 is 1.79 bits per heavy atom. The Hall–Kier alpha value is -2.56. The molecule has 0 heterocycles. The molecule has 2 aromatic carbocycles. The van der Waals surface area contributed by atoms with Crippen LogP contribution in [0, 0.1) is 5.82 Å². The van der Waals surface area contributed by atoms with Crippen molar-refractivity contribution in [1.82, 2.24) is 0 Å². The molecular weight excluding hydrogens is 251 g/mol. The van der Waals surface area contributed by atoms with Crippen LogP contribution in [0.4, 0.5) is 4.39 Å². The van der Waals surface area contributed by atoms with E-state index in [2.05, 4.69) is 0 Å². The third kappa shape index (κ3) is 3.22. The number of aromatic hydroxyl groups is 2. The lowest BCUT2D eigenvalue weighted by molar-refractivity contribution is 0.0469. The van der Waals surface area contributed by atoms with Gasteiger partial charge in [0.25, 0.3) is 0 Å². The van der Waals surface area contributed by atoms with Gasteiger partial charge in [-0.05, 0) is 35.9 Å². The Labute approximate surface area is 108 Å². The summed E-state index contributed by atoms with van der Waals surface area (Å²) in [6.45, 7) is -0.0474. The Morgan fingerprint density at radius 3 is 2.47 bits per heavy atom. The van der Waals surface area contributed by atoms with E-state index in [0.717, 1.165) is 6.07 Å². The zero-order valence-electron chi connectivity index (χ0n) is 9.84. The molecule has 0 spiro atoms. The van der Waals surface area contributed by atoms with Gasteiger partial charge in [-0.2, -0.15) is 0 Å². The molecule has 0 radical (unpaired) electrons. The monoisotopic (exact) mass is 262 g/mol. The summed E-state index contributed by atoms with van der Waals surface area (Å²) in [6.07, 6.45) is 0. The molecule has 5 heteroatoms. The summed E-state index contributed by atoms with van der Waals surface area (Å²) in [5.74, 6) is -1.56. The van der Waals surface area contributed by atoms with Crippen molar-refractivity contribution in [3.8, 4) is 11.5 Å². The zero-order chi connectivity index (χ0) is 13.8. The standard InChI is InChI=1S/C14H11FO4/c15-10-3-1-9(2-4-10)8-19-14(18)12-7-11(16)5-6-13(12)17/h1-7,16-17H,8H2. The van der Waals surface area contributed by atoms with Crippen LogP contribution < -0.4 is 0 Å². The molecule has 0 aliphatic heterocycles. The highest BCUT2D eigenvalue weighted by Gasteiger charge is 2.13. The number of ether oxygens (including phenoxy) is 1. The number of rotatable bonds is 3. The minimum atomic E-state index is -0.766. The molecule has 98 valence electrons. The number of carbonyl (C=O) groups is 1. The minimum absolute atomic E-state index is 0.0474. The van der Waals surface area contributed by atoms with E-state index >= 15 is 0 Å². The Bertz CT molecular complexity index is 593. The molecule has 0 saturated heterocycles. The van der Waals surface area contributed by atoms with Gasteiger partial charge in [0.1, 0.15) is 29.5 Å². The second-order valence-corrected chi connectivity index (χ2v) is 3.90. The van der Waals surface area contributed by atoms with E-state index in [1.165, 1.54) is 36.4 Å². The number of benzene rings is 2. The first-order chi connectivity index (χ1) is 9.06. The van der Waals surface area contributed by atoms with Crippen LogP contribution in [-0.2, 0) is 11.3 Å². The number of phenols is 2. The minimum Gasteiger partial charge on any atom is -0.508 e. The van der Waals surface area contributed by atoms with Gasteiger partial charge in [0.2, 0.25) is 0 Å². The van der Waals surface area contributed by atoms with Gasteiger partial charge in [0, 0.05) is 0 Å². The molecular formula is C14H11FO4. The molecule has 0 aromatic heterocycles. The Kier molecular flexibility index (Phi) is 3.66. The lowest BCUT2D eigenvalue weighted by Gasteiger charge is -2.06. The van der Waals surface area contributed by atoms with E-state index in [4.69, 9.17) is 4.74 Å². The summed E-state index contributed by atoms with van der Waals surface area (Å²) < 4.78 is 17.6. The lowest BCUT2D eigenvalue weighted by Crippen LogP contribution is -2.05. The van der Waals surface area contributed by atoms with Crippen LogP contribution in [0.15, 0.2) is 42.5 Å². The smallest absolute Gasteiger partial charge is 0.342 e. The molecule has 2 N–H and O–H groups in total. The molecule has 4 nitrogen and oxygen atoms in total. The highest BCUT2D eigenvalue weighted by molar-refractivity contribution is 5.92. The Morgan fingerprint density at radius 1 is 1.11 bits per heavy atom. The lowest BCUT2D eigenvalue weighted by atomic mass is 10.2. The number of phenolic OH excluding ortho intramolecular Hbond substituents is 2. The maximum absolute atomic E-state index is 12.7. The maximum Gasteiger partial charge on any atom is 0.342 e. The van der Waals surface area contributed by atoms with Crippen molar-refractivity contribution in [2.45, 2.75) is 6.61 Å². The van der Waals surface area contributed by atoms with Gasteiger partial charge in [-0.3, -0.25) is 0 Å². The molecule has 2 aromatic rings. The number of carbonyl (C=O) groups excluding carboxylic acids is 1. The maximum atomic E-state index is 12.7. The summed E-state index contributed by atoms with van der Waals surface area (Å²) in [5.41, 5.74) is 0.497. The molecule has 0 atom stereocenters. The summed E-state index contributed by atoms with van der Waals surface area (Å²) >= 11 is 0. The second-order valence-electron chi connectivity index (χ2n) is 3.90. The summed E-state index contributed by atoms with van der Waals surface area (Å²) in [5, 5.41) is 18.7. The molecule has 0 bridgehead atoms. The van der Waals surface area contributed by atoms with Gasteiger partial charge in [0.05, 0.1) is 0 Å². The molecule has 0 unspecified atom stereocenters. The average molecular weight is 262 g/mol. The van der Waals surface area contributed by atoms with Gasteiger partial charge in [-0.15, -0.1) is 0 Å². The van der Waals surface area contributed by atoms with E-state index in [-0.39, 0.29) is 29.5 Å². The fourth-order valence-corrected chi connectivity index (χ4v) is 1.49. The Balaban J connectivity index is 2.05. The highest BCUT2D eigenvalue weighted by Crippen LogP contribution is 2.23. The molecule has 0 saturated carbocycles. The average Bonchev–Trinajstić information content (AvgIpc) is 2.40. The van der Waals surface area contributed by atoms with Crippen LogP contribution in [0.1, 0.15) is 15.9 Å². The second kappa shape index (κ2) is 5.39. The SMILES string of the molecule is O=C(OCc1ccc(F)cc1)c1cc(O)ccc1O. The number of esters is 1. The number of hydrogen-bond donors (Lipinski definition) is 2. The van der Waals surface area contributed by atoms with Crippen molar-refractivity contribution in [2.75, 3.05) is 0 Å². The van der Waals surface area contributed by atoms with E-state index in [0.29, 0.717) is 5.56 Å². The quantitative estimate of drug-likeness (QED) is 0.659. The van der Waals surface area contributed by atoms with Gasteiger partial charge in [-0.25, -0.2) is 9.18 Å². The van der Waals surface area contributed by atoms with Crippen molar-refractivity contribution < 1.29 is 24.1 Å². The van der Waals surface area contributed by atoms with Crippen LogP contribution >= 0.6 is 0 Å². The van der Waals surface area contributed by atoms with Crippen molar-refractivity contribution in [2.24, 2.45) is 0 Å². The molecule has 0 fully saturated rings. The van der Waals surface area contributed by atoms with Crippen LogP contribution in [0.3, 0.4) is 0 Å². The van der Waals surface area contributed by atoms with E-state index in [1.54, 1.807) is 0 Å². The van der Waals surface area contributed by atoms with Gasteiger partial charge >= 0.3 is 5.97 Å². The first-order valence-electron chi connectivity index (χ1n) is 5.50. The van der Waals surface area contributed by atoms with Crippen molar-refractivity contribution in [3.63, 3.8) is 0 Å². The summed E-state index contributed by atoms with van der Waals surface area (Å²) in [7, 11) is 0. The topological polar surface area (TPSA) is 66.8 Å². The zero-order valence-corrected chi connectivity index (χ0v) is 9.84. The fraction of sp³-hybridized carbons (Fsp3) is 0.0714. The largest absolute Gasteiger partial charge is 0.508 e. The van der Waals surface area contributed by atoms with Crippen LogP contribution in [0.25, 0.3) is 0 Å². The highest BCUT2D eigenvalue weighted by atomic mass is 19.1. The normalized spacial score (nSPS) is 10.2. The number of halogens is 1. The van der Waals surface area contributed by atoms with E-state index in [9.17, 15) is 19.4 Å². The predicted octanol–water partition coefficient (Wildman–Crippen LogP) is 2.59. The van der Waals surface area contributed by atoms with Gasteiger partial charge < -0.3 is 14.9 Å². The summed E-state index contributed by atoms with van der Waals surface area (Å²) in [4.78, 5) is 11.7. The van der Waals surface area contributed by atoms with Crippen LogP contribution in [0.2, 0.25) is 0 Å². The third-order valence-electron chi connectivity index (χ3n) is 2.48. The van der Waals surface area contributed by atoms with Gasteiger partial charge in [-0.1, -0.05) is 12.1 Å². The van der Waals surface area contributed by atoms with Crippen LogP contribution in [0.5, 0.6) is 11.5 Å². The molecule has 0 aliphatic rings. The fourth-order valence-electron chi connectivity index (χ4n) is 1.49. The van der Waals surface area contributed by atoms with Crippen LogP contribution in [-0.4, -0.2) is 16.2 Å². The first-order valence-corrected chi connectivity index (χ1v) is 5.50. The predicted molar refractivity (Wildman–Crippen MR) is 65.3 cm³/mol. The molecule has 0 aliphatic carbocycles. The van der Waals surface area contributed by atoms with E-state index in [1.807, 2.05) is 0 Å². The van der Waals surface area contributed by atoms with Crippen molar-refractivity contribution in [3.05, 3.63) is 59.4 Å². The number of hydrogen-bond acceptors (Lipinski definition) is 4. The van der Waals surface area contributed by atoms with Crippen molar-refractivity contribution >= 4 is 5.97 Å². The van der Waals surface area contributed by atoms with Gasteiger partial charge in [0.15, 0.2) is 0 Å². The van der Waals surface area contributed by atoms with Crippen molar-refractivity contribution in [1.29, 1.82) is 0 Å². The molecule has 2 rings (SSSR count). The molecule has 19 heavy (non-hydrogen) atoms. The molecule has 0 amide bonds. The first kappa shape index (κ1) is 12.9.